The van der Waals surface area contributed by atoms with Gasteiger partial charge in [-0.15, -0.1) is 8.58 Å². The third-order valence-corrected chi connectivity index (χ3v) is 3.31. The zero-order valence-corrected chi connectivity index (χ0v) is 5.41. The summed E-state index contributed by atoms with van der Waals surface area (Å²) < 4.78 is 0. The van der Waals surface area contributed by atoms with E-state index in [1.165, 1.54) is 21.4 Å². The molecule has 0 aromatic carbocycles. The lowest BCUT2D eigenvalue weighted by Crippen LogP contribution is -1.85. The summed E-state index contributed by atoms with van der Waals surface area (Å²) in [6, 6.07) is 0. The number of rotatable bonds is 1. The van der Waals surface area contributed by atoms with Crippen LogP contribution in [0.2, 0.25) is 0 Å². The molecular formula is C5H11P. The van der Waals surface area contributed by atoms with Crippen LogP contribution in [-0.4, -0.2) is 11.8 Å². The van der Waals surface area contributed by atoms with Crippen molar-refractivity contribution in [2.75, 3.05) is 6.66 Å². The molecule has 6 heavy (non-hydrogen) atoms. The molecule has 0 N–H and O–H groups in total. The number of hydrogen-bond donors (Lipinski definition) is 0. The Balaban J connectivity index is 2.28. The van der Waals surface area contributed by atoms with Gasteiger partial charge >= 0.3 is 0 Å². The summed E-state index contributed by atoms with van der Waals surface area (Å²) >= 11 is 0. The Labute approximate surface area is 41.1 Å². The highest BCUT2D eigenvalue weighted by Gasteiger charge is 2.34. The lowest BCUT2D eigenvalue weighted by atomic mass is 10.5. The first-order valence-electron chi connectivity index (χ1n) is 2.46. The van der Waals surface area contributed by atoms with E-state index in [-0.39, 0.29) is 0 Å². The summed E-state index contributed by atoms with van der Waals surface area (Å²) in [6.07, 6.45) is 2.98. The van der Waals surface area contributed by atoms with Gasteiger partial charge in [-0.25, -0.2) is 0 Å². The fourth-order valence-corrected chi connectivity index (χ4v) is 1.06. The monoisotopic (exact) mass is 102 g/mol. The van der Waals surface area contributed by atoms with Gasteiger partial charge in [-0.3, -0.25) is 0 Å². The van der Waals surface area contributed by atoms with Crippen LogP contribution in [-0.2, 0) is 0 Å². The molecule has 1 fully saturated rings. The van der Waals surface area contributed by atoms with E-state index in [0.29, 0.717) is 0 Å². The smallest absolute Gasteiger partial charge is 0.0152 e. The quantitative estimate of drug-likeness (QED) is 0.443. The van der Waals surface area contributed by atoms with Crippen molar-refractivity contribution in [3.8, 4) is 0 Å². The van der Waals surface area contributed by atoms with Crippen molar-refractivity contribution in [3.63, 3.8) is 0 Å². The van der Waals surface area contributed by atoms with Gasteiger partial charge in [0, 0.05) is 0 Å². The topological polar surface area (TPSA) is 0 Å². The van der Waals surface area contributed by atoms with Gasteiger partial charge in [-0.2, -0.15) is 0 Å². The van der Waals surface area contributed by atoms with Crippen LogP contribution in [0.5, 0.6) is 0 Å². The lowest BCUT2D eigenvalue weighted by molar-refractivity contribution is 1.04. The summed E-state index contributed by atoms with van der Waals surface area (Å²) in [7, 11) is 1.18. The van der Waals surface area contributed by atoms with Crippen LogP contribution in [0.3, 0.4) is 0 Å². The maximum absolute atomic E-state index is 2.37. The van der Waals surface area contributed by atoms with Crippen LogP contribution >= 0.6 is 8.58 Å². The molecule has 0 aliphatic heterocycles. The fraction of sp³-hybridized carbons (Fsp3) is 1.00. The average Bonchev–Trinajstić information content (AvgIpc) is 2.22. The predicted octanol–water partition coefficient (Wildman–Crippen LogP) is 1.85. The molecule has 0 saturated heterocycles. The van der Waals surface area contributed by atoms with Crippen LogP contribution < -0.4 is 0 Å². The second-order valence-electron chi connectivity index (χ2n) is 2.31. The van der Waals surface area contributed by atoms with Crippen molar-refractivity contribution in [1.82, 2.24) is 0 Å². The molecule has 1 unspecified atom stereocenters. The van der Waals surface area contributed by atoms with E-state index >= 15 is 0 Å². The van der Waals surface area contributed by atoms with E-state index in [1.54, 1.807) is 0 Å². The van der Waals surface area contributed by atoms with Crippen molar-refractivity contribution >= 4 is 8.58 Å². The van der Waals surface area contributed by atoms with Crippen LogP contribution in [0, 0.1) is 0 Å². The minimum Gasteiger partial charge on any atom is -0.119 e. The number of hydrogen-bond acceptors (Lipinski definition) is 0. The third kappa shape index (κ3) is 0.733. The van der Waals surface area contributed by atoms with E-state index in [2.05, 4.69) is 13.6 Å². The van der Waals surface area contributed by atoms with Gasteiger partial charge in [-0.1, -0.05) is 6.92 Å². The maximum atomic E-state index is 2.37. The Kier molecular flexibility index (Phi) is 0.916. The molecule has 0 radical (unpaired) electrons. The molecule has 0 aromatic rings. The molecule has 1 heteroatoms. The van der Waals surface area contributed by atoms with Gasteiger partial charge in [0.1, 0.15) is 0 Å². The molecule has 0 heterocycles. The molecule has 36 valence electrons. The zero-order valence-electron chi connectivity index (χ0n) is 4.41. The first kappa shape index (κ1) is 4.59. The lowest BCUT2D eigenvalue weighted by Gasteiger charge is -1.97. The van der Waals surface area contributed by atoms with Crippen molar-refractivity contribution < 1.29 is 0 Å². The molecule has 1 rings (SSSR count). The van der Waals surface area contributed by atoms with Crippen molar-refractivity contribution in [1.29, 1.82) is 0 Å². The molecular weight excluding hydrogens is 91.0 g/mol. The molecule has 1 aliphatic rings. The molecule has 0 amide bonds. The second kappa shape index (κ2) is 1.20. The SMILES string of the molecule is CPC1(C)CC1. The van der Waals surface area contributed by atoms with Gasteiger partial charge in [0.15, 0.2) is 0 Å². The van der Waals surface area contributed by atoms with Crippen LogP contribution in [0.25, 0.3) is 0 Å². The van der Waals surface area contributed by atoms with Crippen LogP contribution in [0.4, 0.5) is 0 Å². The molecule has 0 nitrogen and oxygen atoms in total. The van der Waals surface area contributed by atoms with Crippen molar-refractivity contribution in [2.24, 2.45) is 0 Å². The Morgan fingerprint density at radius 2 is 2.00 bits per heavy atom. The highest BCUT2D eigenvalue weighted by Crippen LogP contribution is 2.50. The van der Waals surface area contributed by atoms with E-state index in [1.807, 2.05) is 0 Å². The summed E-state index contributed by atoms with van der Waals surface area (Å²) in [5.74, 6) is 0. The summed E-state index contributed by atoms with van der Waals surface area (Å²) in [5, 5.41) is 0.819. The fourth-order valence-electron chi connectivity index (χ4n) is 0.437. The van der Waals surface area contributed by atoms with Gasteiger partial charge in [0.05, 0.1) is 0 Å². The average molecular weight is 102 g/mol. The molecule has 1 saturated carbocycles. The largest absolute Gasteiger partial charge is 0.119 e. The van der Waals surface area contributed by atoms with Gasteiger partial charge < -0.3 is 0 Å². The summed E-state index contributed by atoms with van der Waals surface area (Å²) in [4.78, 5) is 0. The molecule has 0 bridgehead atoms. The van der Waals surface area contributed by atoms with Gasteiger partial charge in [-0.05, 0) is 24.7 Å². The second-order valence-corrected chi connectivity index (χ2v) is 4.02. The first-order chi connectivity index (χ1) is 2.77. The van der Waals surface area contributed by atoms with E-state index in [4.69, 9.17) is 0 Å². The third-order valence-electron chi connectivity index (χ3n) is 1.60. The highest BCUT2D eigenvalue weighted by molar-refractivity contribution is 7.39. The van der Waals surface area contributed by atoms with E-state index in [0.717, 1.165) is 5.16 Å². The van der Waals surface area contributed by atoms with Crippen molar-refractivity contribution in [3.05, 3.63) is 0 Å². The Bertz CT molecular complexity index is 55.0. The van der Waals surface area contributed by atoms with Gasteiger partial charge in [0.2, 0.25) is 0 Å². The standard InChI is InChI=1S/C5H11P/c1-5(6-2)3-4-5/h6H,3-4H2,1-2H3. The minimum absolute atomic E-state index is 0.819. The normalized spacial score (nSPS) is 29.0. The Morgan fingerprint density at radius 1 is 1.50 bits per heavy atom. The first-order valence-corrected chi connectivity index (χ1v) is 3.96. The van der Waals surface area contributed by atoms with Crippen LogP contribution in [0.15, 0.2) is 0 Å². The van der Waals surface area contributed by atoms with Crippen molar-refractivity contribution in [2.45, 2.75) is 24.9 Å². The Morgan fingerprint density at radius 3 is 2.00 bits per heavy atom. The minimum atomic E-state index is 0.819. The molecule has 0 spiro atoms. The van der Waals surface area contributed by atoms with Crippen LogP contribution in [0.1, 0.15) is 19.8 Å². The highest BCUT2D eigenvalue weighted by atomic mass is 31.1. The summed E-state index contributed by atoms with van der Waals surface area (Å²) in [6.45, 7) is 4.67. The van der Waals surface area contributed by atoms with E-state index in [9.17, 15) is 0 Å². The zero-order chi connectivity index (χ0) is 4.62. The van der Waals surface area contributed by atoms with E-state index < -0.39 is 0 Å². The molecule has 1 atom stereocenters. The van der Waals surface area contributed by atoms with Gasteiger partial charge in [0.25, 0.3) is 0 Å². The Hall–Kier alpha value is 0.430. The predicted molar refractivity (Wildman–Crippen MR) is 31.9 cm³/mol. The summed E-state index contributed by atoms with van der Waals surface area (Å²) in [5.41, 5.74) is 0. The maximum Gasteiger partial charge on any atom is -0.0152 e. The molecule has 1 aliphatic carbocycles. The molecule has 0 aromatic heterocycles.